The van der Waals surface area contributed by atoms with Crippen molar-refractivity contribution in [2.75, 3.05) is 25.4 Å². The molecule has 0 bridgehead atoms. The van der Waals surface area contributed by atoms with Gasteiger partial charge in [0.2, 0.25) is 18.5 Å². The van der Waals surface area contributed by atoms with Gasteiger partial charge in [-0.3, -0.25) is 48.2 Å². The van der Waals surface area contributed by atoms with Crippen LogP contribution in [-0.2, 0) is 52.6 Å². The van der Waals surface area contributed by atoms with Crippen LogP contribution in [0.3, 0.4) is 0 Å². The Morgan fingerprint density at radius 1 is 0.946 bits per heavy atom. The van der Waals surface area contributed by atoms with Crippen molar-refractivity contribution < 1.29 is 66.9 Å². The number of fused-ring (bicyclic) bond motifs is 1. The molecule has 7 amide bonds. The van der Waals surface area contributed by atoms with Crippen molar-refractivity contribution in [3.63, 3.8) is 0 Å². The number of thioether (sulfide) groups is 1. The molecule has 3 aliphatic heterocycles. The summed E-state index contributed by atoms with van der Waals surface area (Å²) in [4.78, 5) is 131. The van der Waals surface area contributed by atoms with Gasteiger partial charge in [-0.15, -0.1) is 11.8 Å². The second kappa shape index (κ2) is 17.5. The Hall–Kier alpha value is -5.51. The van der Waals surface area contributed by atoms with Gasteiger partial charge in [-0.1, -0.05) is 15.9 Å². The summed E-state index contributed by atoms with van der Waals surface area (Å²) < 4.78 is 21.5. The monoisotopic (exact) mass is 866 g/mol. The van der Waals surface area contributed by atoms with Crippen LogP contribution in [-0.4, -0.2) is 123 Å². The molecule has 0 spiro atoms. The van der Waals surface area contributed by atoms with Gasteiger partial charge in [-0.25, -0.2) is 9.59 Å². The summed E-state index contributed by atoms with van der Waals surface area (Å²) in [5.74, 6) is -8.37. The van der Waals surface area contributed by atoms with Gasteiger partial charge in [-0.05, 0) is 39.8 Å². The van der Waals surface area contributed by atoms with Crippen molar-refractivity contribution in [1.82, 2.24) is 30.7 Å². The maximum atomic E-state index is 14.5. The predicted molar refractivity (Wildman–Crippen MR) is 195 cm³/mol. The molecule has 0 aromatic heterocycles. The number of nitrogens with zero attached hydrogens (tertiary/aromatic N) is 3. The van der Waals surface area contributed by atoms with E-state index in [0.29, 0.717) is 11.3 Å². The molecule has 20 nitrogen and oxygen atoms in total. The number of carbonyl (C=O) groups excluding carboxylic acids is 10. The first-order chi connectivity index (χ1) is 26.2. The Balaban J connectivity index is 1.84. The first-order valence-electron chi connectivity index (χ1n) is 16.9. The number of urea groups is 1. The molecule has 0 radical (unpaired) electrons. The molecule has 2 unspecified atom stereocenters. The van der Waals surface area contributed by atoms with Crippen LogP contribution in [0.2, 0.25) is 0 Å². The molecule has 302 valence electrons. The lowest BCUT2D eigenvalue weighted by Gasteiger charge is -2.50. The minimum atomic E-state index is -1.87. The van der Waals surface area contributed by atoms with Crippen LogP contribution >= 0.6 is 27.7 Å². The van der Waals surface area contributed by atoms with E-state index in [4.69, 9.17) is 18.9 Å². The zero-order valence-electron chi connectivity index (χ0n) is 31.2. The maximum absolute atomic E-state index is 14.5. The molecule has 1 aromatic carbocycles. The molecule has 4 atom stereocenters. The normalized spacial score (nSPS) is 19.1. The minimum Gasteiger partial charge on any atom is -0.455 e. The Labute approximate surface area is 332 Å². The third-order valence-electron chi connectivity index (χ3n) is 8.06. The molecule has 0 aliphatic carbocycles. The summed E-state index contributed by atoms with van der Waals surface area (Å²) in [5, 5.41) is 6.50. The van der Waals surface area contributed by atoms with Crippen LogP contribution in [0.4, 0.5) is 4.79 Å². The maximum Gasteiger partial charge on any atom is 0.355 e. The highest BCUT2D eigenvalue weighted by Crippen LogP contribution is 2.42. The number of esters is 4. The number of piperazine rings is 1. The number of halogens is 1. The van der Waals surface area contributed by atoms with Crippen molar-refractivity contribution in [1.29, 1.82) is 0 Å². The van der Waals surface area contributed by atoms with Crippen molar-refractivity contribution >= 4 is 87.6 Å². The number of likely N-dealkylation sites (N-methyl/N-ethyl adjacent to an activating group) is 1. The second-order valence-corrected chi connectivity index (χ2v) is 15.2. The van der Waals surface area contributed by atoms with Crippen LogP contribution < -0.4 is 25.4 Å². The largest absolute Gasteiger partial charge is 0.455 e. The number of benzene rings is 1. The Bertz CT molecular complexity index is 1910. The number of hydrogen-bond donors (Lipinski definition) is 3. The van der Waals surface area contributed by atoms with Crippen LogP contribution in [0.5, 0.6) is 11.5 Å². The van der Waals surface area contributed by atoms with Gasteiger partial charge in [0, 0.05) is 61.8 Å². The van der Waals surface area contributed by atoms with Gasteiger partial charge >= 0.3 is 41.7 Å². The number of carbonyl (C=O) groups is 10. The van der Waals surface area contributed by atoms with E-state index in [2.05, 4.69) is 31.9 Å². The third kappa shape index (κ3) is 9.64. The molecular weight excluding hydrogens is 828 g/mol. The smallest absolute Gasteiger partial charge is 0.355 e. The van der Waals surface area contributed by atoms with Crippen LogP contribution in [0.1, 0.15) is 60.1 Å². The second-order valence-electron chi connectivity index (χ2n) is 13.3. The highest BCUT2D eigenvalue weighted by molar-refractivity contribution is 9.10. The molecule has 0 saturated carbocycles. The van der Waals surface area contributed by atoms with Crippen LogP contribution in [0, 0.1) is 0 Å². The summed E-state index contributed by atoms with van der Waals surface area (Å²) in [5.41, 5.74) is -1.71. The highest BCUT2D eigenvalue weighted by Gasteiger charge is 2.55. The van der Waals surface area contributed by atoms with Gasteiger partial charge in [0.25, 0.3) is 5.91 Å². The first kappa shape index (κ1) is 43.2. The molecule has 3 N–H and O–H groups in total. The van der Waals surface area contributed by atoms with Crippen molar-refractivity contribution in [2.45, 2.75) is 77.8 Å². The van der Waals surface area contributed by atoms with Crippen LogP contribution in [0.25, 0.3) is 0 Å². The Morgan fingerprint density at radius 3 is 2.12 bits per heavy atom. The number of amides is 7. The van der Waals surface area contributed by atoms with Gasteiger partial charge < -0.3 is 39.8 Å². The summed E-state index contributed by atoms with van der Waals surface area (Å²) in [7, 11) is 0. The average Bonchev–Trinajstić information content (AvgIpc) is 3.09. The fourth-order valence-electron chi connectivity index (χ4n) is 5.72. The molecule has 1 aromatic rings. The quantitative estimate of drug-likeness (QED) is 0.0641. The Morgan fingerprint density at radius 2 is 1.57 bits per heavy atom. The summed E-state index contributed by atoms with van der Waals surface area (Å²) in [6.07, 6.45) is -1.47. The summed E-state index contributed by atoms with van der Waals surface area (Å²) >= 11 is 4.35. The number of ether oxygens (including phenoxy) is 4. The minimum absolute atomic E-state index is 0.00281. The third-order valence-corrected chi connectivity index (χ3v) is 10.0. The van der Waals surface area contributed by atoms with E-state index in [9.17, 15) is 47.9 Å². The van der Waals surface area contributed by atoms with Gasteiger partial charge in [0.1, 0.15) is 28.8 Å². The fraction of sp³-hybridized carbons (Fsp3) is 0.471. The molecule has 56 heavy (non-hydrogen) atoms. The lowest BCUT2D eigenvalue weighted by molar-refractivity contribution is -0.159. The van der Waals surface area contributed by atoms with E-state index in [1.165, 1.54) is 11.0 Å². The lowest BCUT2D eigenvalue weighted by atomic mass is 10.0. The lowest BCUT2D eigenvalue weighted by Crippen LogP contribution is -2.70. The molecule has 2 fully saturated rings. The highest BCUT2D eigenvalue weighted by atomic mass is 79.9. The van der Waals surface area contributed by atoms with Gasteiger partial charge in [0.05, 0.1) is 0 Å². The number of imide groups is 1. The number of hydrogen-bond acceptors (Lipinski definition) is 15. The SMILES string of the molecule is CCN1CCN(C(=O)NC(C(=O)NC(OC(C)=O)C2=C(C(=O)OC(C)(C)C)N3C(=O)[C@@H](NC=O)[C@H]3SC2)c2cc(OC(C)=O)c(OC(C)=O)cc2Br)C(=O)C1=O. The molecule has 2 saturated heterocycles. The molecular formula is C34H39BrN6O14S. The van der Waals surface area contributed by atoms with E-state index in [1.54, 1.807) is 27.7 Å². The first-order valence-corrected chi connectivity index (χ1v) is 18.7. The molecule has 3 heterocycles. The van der Waals surface area contributed by atoms with Crippen LogP contribution in [0.15, 0.2) is 27.9 Å². The van der Waals surface area contributed by atoms with Crippen molar-refractivity contribution in [3.05, 3.63) is 33.4 Å². The van der Waals surface area contributed by atoms with Crippen molar-refractivity contribution in [2.24, 2.45) is 0 Å². The van der Waals surface area contributed by atoms with E-state index in [1.807, 2.05) is 0 Å². The predicted octanol–water partition coefficient (Wildman–Crippen LogP) is 0.372. The summed E-state index contributed by atoms with van der Waals surface area (Å²) in [6, 6.07) is -1.81. The van der Waals surface area contributed by atoms with Gasteiger partial charge in [0.15, 0.2) is 11.5 Å². The van der Waals surface area contributed by atoms with E-state index < -0.39 is 82.8 Å². The molecule has 3 aliphatic rings. The van der Waals surface area contributed by atoms with Gasteiger partial charge in [-0.2, -0.15) is 0 Å². The molecule has 22 heteroatoms. The number of rotatable bonds is 12. The van der Waals surface area contributed by atoms with E-state index in [-0.39, 0.29) is 58.2 Å². The average molecular weight is 868 g/mol. The zero-order chi connectivity index (χ0) is 41.8. The van der Waals surface area contributed by atoms with E-state index >= 15 is 0 Å². The standard InChI is InChI=1S/C34H39BrN6O14S/c1-8-39-9-10-40(30(49)29(39)48)33(51)37-23(18-11-21(52-15(2)43)22(12-20(18)35)53-16(3)44)26(46)38-27(54-17(4)45)19-13-56-31-24(36-14-42)28(47)41(31)25(19)32(50)55-34(5,6)7/h11-12,14,23-24,27,31H,8-10,13H2,1-7H3,(H,36,42)(H,37,51)(H,38,46)/t23?,24-,27?,31-/m1/s1. The number of β-lactam (4-membered cyclic amide) rings is 1. The number of nitrogens with one attached hydrogen (secondary N) is 3. The molecule has 4 rings (SSSR count). The fourth-order valence-corrected chi connectivity index (χ4v) is 7.65. The zero-order valence-corrected chi connectivity index (χ0v) is 33.6. The summed E-state index contributed by atoms with van der Waals surface area (Å²) in [6.45, 7) is 9.46. The topological polar surface area (TPSA) is 253 Å². The Kier molecular flexibility index (Phi) is 13.5. The van der Waals surface area contributed by atoms with E-state index in [0.717, 1.165) is 43.5 Å². The van der Waals surface area contributed by atoms with Crippen molar-refractivity contribution in [3.8, 4) is 11.5 Å².